The van der Waals surface area contributed by atoms with Crippen LogP contribution in [0.5, 0.6) is 0 Å². The highest BCUT2D eigenvalue weighted by molar-refractivity contribution is 6.30. The molecule has 1 heterocycles. The number of benzene rings is 1. The van der Waals surface area contributed by atoms with Crippen molar-refractivity contribution in [1.29, 1.82) is 0 Å². The molecule has 1 aliphatic heterocycles. The zero-order valence-corrected chi connectivity index (χ0v) is 11.0. The van der Waals surface area contributed by atoms with Crippen LogP contribution in [0, 0.1) is 0 Å². The molecule has 1 fully saturated rings. The standard InChI is InChI=1S/C13H17ClN2O2/c1-9(12-6-3-7-18-12)15-13(17)16-11-5-2-4-10(14)8-11/h2,4-5,8-9,12H,3,6-7H2,1H3,(H2,15,16,17). The summed E-state index contributed by atoms with van der Waals surface area (Å²) in [6, 6.07) is 6.83. The largest absolute Gasteiger partial charge is 0.376 e. The molecule has 2 N–H and O–H groups in total. The second kappa shape index (κ2) is 6.07. The topological polar surface area (TPSA) is 50.4 Å². The molecule has 1 saturated heterocycles. The summed E-state index contributed by atoms with van der Waals surface area (Å²) >= 11 is 5.85. The molecule has 0 aliphatic carbocycles. The van der Waals surface area contributed by atoms with E-state index in [9.17, 15) is 4.79 Å². The van der Waals surface area contributed by atoms with E-state index in [2.05, 4.69) is 10.6 Å². The van der Waals surface area contributed by atoms with Gasteiger partial charge in [-0.1, -0.05) is 17.7 Å². The van der Waals surface area contributed by atoms with Crippen molar-refractivity contribution < 1.29 is 9.53 Å². The van der Waals surface area contributed by atoms with Gasteiger partial charge in [0.15, 0.2) is 0 Å². The Hall–Kier alpha value is -1.26. The van der Waals surface area contributed by atoms with Crippen molar-refractivity contribution in [2.45, 2.75) is 31.9 Å². The van der Waals surface area contributed by atoms with Crippen LogP contribution >= 0.6 is 11.6 Å². The first-order valence-electron chi connectivity index (χ1n) is 6.10. The highest BCUT2D eigenvalue weighted by atomic mass is 35.5. The van der Waals surface area contributed by atoms with Crippen molar-refractivity contribution in [3.63, 3.8) is 0 Å². The number of carbonyl (C=O) groups excluding carboxylic acids is 1. The van der Waals surface area contributed by atoms with Gasteiger partial charge in [0.05, 0.1) is 12.1 Å². The van der Waals surface area contributed by atoms with Crippen molar-refractivity contribution >= 4 is 23.3 Å². The third kappa shape index (κ3) is 3.62. The predicted molar refractivity (Wildman–Crippen MR) is 72.0 cm³/mol. The Kier molecular flexibility index (Phi) is 4.44. The summed E-state index contributed by atoms with van der Waals surface area (Å²) < 4.78 is 5.52. The van der Waals surface area contributed by atoms with Crippen LogP contribution in [0.4, 0.5) is 10.5 Å². The molecule has 2 rings (SSSR count). The minimum absolute atomic E-state index is 0.00619. The van der Waals surface area contributed by atoms with Crippen molar-refractivity contribution in [2.24, 2.45) is 0 Å². The minimum atomic E-state index is -0.236. The van der Waals surface area contributed by atoms with Crippen LogP contribution in [0.3, 0.4) is 0 Å². The smallest absolute Gasteiger partial charge is 0.319 e. The lowest BCUT2D eigenvalue weighted by Crippen LogP contribution is -2.42. The lowest BCUT2D eigenvalue weighted by Gasteiger charge is -2.20. The third-order valence-electron chi connectivity index (χ3n) is 2.96. The number of hydrogen-bond donors (Lipinski definition) is 2. The maximum absolute atomic E-state index is 11.8. The van der Waals surface area contributed by atoms with Gasteiger partial charge in [-0.3, -0.25) is 0 Å². The van der Waals surface area contributed by atoms with Crippen LogP contribution in [-0.4, -0.2) is 24.8 Å². The Morgan fingerprint density at radius 2 is 2.39 bits per heavy atom. The molecule has 0 aromatic heterocycles. The Balaban J connectivity index is 1.84. The van der Waals surface area contributed by atoms with E-state index in [0.29, 0.717) is 10.7 Å². The maximum atomic E-state index is 11.8. The number of anilines is 1. The molecule has 18 heavy (non-hydrogen) atoms. The first-order valence-corrected chi connectivity index (χ1v) is 6.47. The van der Waals surface area contributed by atoms with Crippen LogP contribution in [-0.2, 0) is 4.74 Å². The number of nitrogens with one attached hydrogen (secondary N) is 2. The third-order valence-corrected chi connectivity index (χ3v) is 3.20. The first kappa shape index (κ1) is 13.2. The van der Waals surface area contributed by atoms with Crippen molar-refractivity contribution in [1.82, 2.24) is 5.32 Å². The van der Waals surface area contributed by atoms with E-state index in [4.69, 9.17) is 16.3 Å². The van der Waals surface area contributed by atoms with E-state index < -0.39 is 0 Å². The second-order valence-electron chi connectivity index (χ2n) is 4.45. The Labute approximate surface area is 112 Å². The van der Waals surface area contributed by atoms with E-state index in [0.717, 1.165) is 19.4 Å². The fraction of sp³-hybridized carbons (Fsp3) is 0.462. The molecule has 4 nitrogen and oxygen atoms in total. The zero-order valence-electron chi connectivity index (χ0n) is 10.3. The summed E-state index contributed by atoms with van der Waals surface area (Å²) in [6.45, 7) is 2.74. The monoisotopic (exact) mass is 268 g/mol. The molecule has 1 aliphatic rings. The fourth-order valence-electron chi connectivity index (χ4n) is 2.03. The van der Waals surface area contributed by atoms with Crippen LogP contribution in [0.1, 0.15) is 19.8 Å². The van der Waals surface area contributed by atoms with Gasteiger partial charge in [0.25, 0.3) is 0 Å². The van der Waals surface area contributed by atoms with Crippen molar-refractivity contribution in [3.05, 3.63) is 29.3 Å². The second-order valence-corrected chi connectivity index (χ2v) is 4.89. The molecule has 0 radical (unpaired) electrons. The minimum Gasteiger partial charge on any atom is -0.376 e. The highest BCUT2D eigenvalue weighted by Crippen LogP contribution is 2.16. The fourth-order valence-corrected chi connectivity index (χ4v) is 2.22. The number of halogens is 1. The number of rotatable bonds is 3. The molecule has 0 saturated carbocycles. The number of carbonyl (C=O) groups is 1. The van der Waals surface area contributed by atoms with E-state index in [-0.39, 0.29) is 18.2 Å². The number of hydrogen-bond acceptors (Lipinski definition) is 2. The first-order chi connectivity index (χ1) is 8.65. The molecular formula is C13H17ClN2O2. The zero-order chi connectivity index (χ0) is 13.0. The maximum Gasteiger partial charge on any atom is 0.319 e. The summed E-state index contributed by atoms with van der Waals surface area (Å²) in [6.07, 6.45) is 2.18. The molecule has 98 valence electrons. The molecule has 1 aromatic rings. The normalized spacial score (nSPS) is 20.4. The van der Waals surface area contributed by atoms with Gasteiger partial charge in [0.1, 0.15) is 0 Å². The van der Waals surface area contributed by atoms with Crippen LogP contribution in [0.2, 0.25) is 5.02 Å². The van der Waals surface area contributed by atoms with Gasteiger partial charge in [0.2, 0.25) is 0 Å². The van der Waals surface area contributed by atoms with Crippen molar-refractivity contribution in [2.75, 3.05) is 11.9 Å². The molecule has 2 atom stereocenters. The van der Waals surface area contributed by atoms with Gasteiger partial charge in [-0.2, -0.15) is 0 Å². The quantitative estimate of drug-likeness (QED) is 0.885. The number of urea groups is 1. The summed E-state index contributed by atoms with van der Waals surface area (Å²) in [7, 11) is 0. The summed E-state index contributed by atoms with van der Waals surface area (Å²) in [4.78, 5) is 11.8. The van der Waals surface area contributed by atoms with E-state index in [1.54, 1.807) is 24.3 Å². The molecule has 0 spiro atoms. The lowest BCUT2D eigenvalue weighted by atomic mass is 10.1. The van der Waals surface area contributed by atoms with Crippen molar-refractivity contribution in [3.8, 4) is 0 Å². The average Bonchev–Trinajstić information content (AvgIpc) is 2.81. The van der Waals surface area contributed by atoms with Crippen LogP contribution < -0.4 is 10.6 Å². The number of ether oxygens (including phenoxy) is 1. The van der Waals surface area contributed by atoms with Gasteiger partial charge in [0, 0.05) is 17.3 Å². The molecule has 1 aromatic carbocycles. The SMILES string of the molecule is CC(NC(=O)Nc1cccc(Cl)c1)C1CCCO1. The average molecular weight is 269 g/mol. The predicted octanol–water partition coefficient (Wildman–Crippen LogP) is 3.03. The molecule has 2 unspecified atom stereocenters. The van der Waals surface area contributed by atoms with Crippen LogP contribution in [0.15, 0.2) is 24.3 Å². The van der Waals surface area contributed by atoms with Gasteiger partial charge in [-0.15, -0.1) is 0 Å². The molecular weight excluding hydrogens is 252 g/mol. The molecule has 5 heteroatoms. The summed E-state index contributed by atoms with van der Waals surface area (Å²) in [5.41, 5.74) is 0.680. The Morgan fingerprint density at radius 1 is 1.56 bits per heavy atom. The van der Waals surface area contributed by atoms with E-state index in [1.807, 2.05) is 6.92 Å². The van der Waals surface area contributed by atoms with Gasteiger partial charge < -0.3 is 15.4 Å². The van der Waals surface area contributed by atoms with Gasteiger partial charge in [-0.25, -0.2) is 4.79 Å². The molecule has 0 bridgehead atoms. The lowest BCUT2D eigenvalue weighted by molar-refractivity contribution is 0.0868. The van der Waals surface area contributed by atoms with E-state index >= 15 is 0 Å². The van der Waals surface area contributed by atoms with Gasteiger partial charge in [-0.05, 0) is 38.0 Å². The summed E-state index contributed by atoms with van der Waals surface area (Å²) in [5, 5.41) is 6.22. The highest BCUT2D eigenvalue weighted by Gasteiger charge is 2.23. The van der Waals surface area contributed by atoms with E-state index in [1.165, 1.54) is 0 Å². The Bertz CT molecular complexity index is 419. The van der Waals surface area contributed by atoms with Crippen LogP contribution in [0.25, 0.3) is 0 Å². The van der Waals surface area contributed by atoms with Gasteiger partial charge >= 0.3 is 6.03 Å². The summed E-state index contributed by atoms with van der Waals surface area (Å²) in [5.74, 6) is 0. The number of amides is 2. The Morgan fingerprint density at radius 3 is 3.06 bits per heavy atom. The molecule has 2 amide bonds.